The number of hydrogen-bond acceptors (Lipinski definition) is 4. The highest BCUT2D eigenvalue weighted by molar-refractivity contribution is 6.00. The zero-order chi connectivity index (χ0) is 25.7. The lowest BCUT2D eigenvalue weighted by atomic mass is 9.85. The molecule has 1 aliphatic rings. The SMILES string of the molecule is C=C(C)C(=O)OCCN1C(=O)c2ccccc2C1(N[C@@H](CC)C(C)c1ccccc1)c1ccccc1. The zero-order valence-electron chi connectivity index (χ0n) is 21.2. The summed E-state index contributed by atoms with van der Waals surface area (Å²) in [6, 6.07) is 28.3. The van der Waals surface area contributed by atoms with Crippen LogP contribution in [-0.2, 0) is 15.2 Å². The molecule has 5 nitrogen and oxygen atoms in total. The molecular formula is C31H34N2O3. The second-order valence-corrected chi connectivity index (χ2v) is 9.35. The number of ether oxygens (including phenoxy) is 1. The fourth-order valence-electron chi connectivity index (χ4n) is 5.12. The van der Waals surface area contributed by atoms with Gasteiger partial charge >= 0.3 is 5.97 Å². The van der Waals surface area contributed by atoms with E-state index >= 15 is 0 Å². The van der Waals surface area contributed by atoms with Gasteiger partial charge in [-0.1, -0.05) is 99.3 Å². The lowest BCUT2D eigenvalue weighted by Crippen LogP contribution is -2.59. The Morgan fingerprint density at radius 2 is 1.61 bits per heavy atom. The third kappa shape index (κ3) is 4.71. The normalized spacial score (nSPS) is 18.4. The van der Waals surface area contributed by atoms with Gasteiger partial charge in [-0.15, -0.1) is 0 Å². The molecule has 1 N–H and O–H groups in total. The van der Waals surface area contributed by atoms with Crippen molar-refractivity contribution in [2.24, 2.45) is 0 Å². The first kappa shape index (κ1) is 25.4. The van der Waals surface area contributed by atoms with Crippen LogP contribution in [0.4, 0.5) is 0 Å². The molecule has 0 saturated carbocycles. The van der Waals surface area contributed by atoms with E-state index in [-0.39, 0.29) is 31.0 Å². The molecular weight excluding hydrogens is 448 g/mol. The zero-order valence-corrected chi connectivity index (χ0v) is 21.2. The van der Waals surface area contributed by atoms with E-state index in [1.807, 2.05) is 53.4 Å². The lowest BCUT2D eigenvalue weighted by Gasteiger charge is -2.44. The van der Waals surface area contributed by atoms with Crippen molar-refractivity contribution in [3.8, 4) is 0 Å². The van der Waals surface area contributed by atoms with Crippen molar-refractivity contribution in [1.82, 2.24) is 10.2 Å². The third-order valence-corrected chi connectivity index (χ3v) is 7.05. The second kappa shape index (κ2) is 10.9. The van der Waals surface area contributed by atoms with Crippen molar-refractivity contribution in [2.45, 2.75) is 44.8 Å². The summed E-state index contributed by atoms with van der Waals surface area (Å²) in [5.41, 5.74) is 3.19. The summed E-state index contributed by atoms with van der Waals surface area (Å²) >= 11 is 0. The minimum atomic E-state index is -0.908. The van der Waals surface area contributed by atoms with E-state index in [2.05, 4.69) is 62.1 Å². The number of amides is 1. The van der Waals surface area contributed by atoms with Gasteiger partial charge in [-0.25, -0.2) is 4.79 Å². The third-order valence-electron chi connectivity index (χ3n) is 7.05. The van der Waals surface area contributed by atoms with Crippen molar-refractivity contribution < 1.29 is 14.3 Å². The van der Waals surface area contributed by atoms with Crippen molar-refractivity contribution in [2.75, 3.05) is 13.2 Å². The molecule has 0 aliphatic carbocycles. The molecule has 0 spiro atoms. The standard InChI is InChI=1S/C31H34N2O3/c1-5-28(23(4)24-14-8-6-9-15-24)32-31(25-16-10-7-11-17-25)27-19-13-12-18-26(27)29(34)33(31)20-21-36-30(35)22(2)3/h6-19,23,28,32H,2,5,20-21H2,1,3-4H3/t23?,28-,31?/m0/s1. The van der Waals surface area contributed by atoms with E-state index in [1.54, 1.807) is 6.92 Å². The molecule has 4 rings (SSSR count). The molecule has 1 aliphatic heterocycles. The highest BCUT2D eigenvalue weighted by Crippen LogP contribution is 2.43. The predicted molar refractivity (Wildman–Crippen MR) is 143 cm³/mol. The van der Waals surface area contributed by atoms with Gasteiger partial charge in [-0.05, 0) is 36.5 Å². The van der Waals surface area contributed by atoms with Crippen molar-refractivity contribution in [1.29, 1.82) is 0 Å². The van der Waals surface area contributed by atoms with E-state index in [1.165, 1.54) is 5.56 Å². The Labute approximate surface area is 213 Å². The molecule has 0 radical (unpaired) electrons. The van der Waals surface area contributed by atoms with Crippen molar-refractivity contribution >= 4 is 11.9 Å². The van der Waals surface area contributed by atoms with Gasteiger partial charge in [0.2, 0.25) is 0 Å². The molecule has 0 bridgehead atoms. The quantitative estimate of drug-likeness (QED) is 0.300. The molecule has 1 heterocycles. The van der Waals surface area contributed by atoms with Crippen LogP contribution in [0.15, 0.2) is 97.1 Å². The second-order valence-electron chi connectivity index (χ2n) is 9.35. The largest absolute Gasteiger partial charge is 0.460 e. The number of carbonyl (C=O) groups is 2. The average Bonchev–Trinajstić information content (AvgIpc) is 3.15. The molecule has 1 amide bonds. The smallest absolute Gasteiger partial charge is 0.333 e. The minimum Gasteiger partial charge on any atom is -0.460 e. The van der Waals surface area contributed by atoms with Crippen molar-refractivity contribution in [3.05, 3.63) is 119 Å². The number of nitrogens with zero attached hydrogens (tertiary/aromatic N) is 1. The molecule has 3 atom stereocenters. The van der Waals surface area contributed by atoms with Crippen LogP contribution in [0.2, 0.25) is 0 Å². The van der Waals surface area contributed by atoms with Gasteiger partial charge in [0, 0.05) is 22.7 Å². The maximum atomic E-state index is 13.8. The van der Waals surface area contributed by atoms with Gasteiger partial charge in [-0.2, -0.15) is 0 Å². The summed E-state index contributed by atoms with van der Waals surface area (Å²) in [4.78, 5) is 27.7. The summed E-state index contributed by atoms with van der Waals surface area (Å²) in [5.74, 6) is -0.347. The van der Waals surface area contributed by atoms with Gasteiger partial charge in [0.05, 0.1) is 6.54 Å². The molecule has 36 heavy (non-hydrogen) atoms. The van der Waals surface area contributed by atoms with Crippen LogP contribution in [0.3, 0.4) is 0 Å². The highest BCUT2D eigenvalue weighted by Gasteiger charge is 2.51. The van der Waals surface area contributed by atoms with E-state index in [9.17, 15) is 9.59 Å². The first-order chi connectivity index (χ1) is 17.4. The summed E-state index contributed by atoms with van der Waals surface area (Å²) in [5, 5.41) is 3.94. The van der Waals surface area contributed by atoms with Crippen molar-refractivity contribution in [3.63, 3.8) is 0 Å². The summed E-state index contributed by atoms with van der Waals surface area (Å²) in [6.07, 6.45) is 0.861. The fraction of sp³-hybridized carbons (Fsp3) is 0.290. The van der Waals surface area contributed by atoms with Crippen LogP contribution in [0.25, 0.3) is 0 Å². The van der Waals surface area contributed by atoms with Gasteiger partial charge in [0.15, 0.2) is 0 Å². The number of hydrogen-bond donors (Lipinski definition) is 1. The van der Waals surface area contributed by atoms with Gasteiger partial charge < -0.3 is 9.64 Å². The molecule has 0 fully saturated rings. The van der Waals surface area contributed by atoms with E-state index < -0.39 is 11.6 Å². The van der Waals surface area contributed by atoms with Gasteiger partial charge in [0.25, 0.3) is 5.91 Å². The maximum Gasteiger partial charge on any atom is 0.333 e. The minimum absolute atomic E-state index is 0.0621. The molecule has 2 unspecified atom stereocenters. The fourth-order valence-corrected chi connectivity index (χ4v) is 5.12. The first-order valence-corrected chi connectivity index (χ1v) is 12.5. The van der Waals surface area contributed by atoms with Crippen LogP contribution in [0.5, 0.6) is 0 Å². The first-order valence-electron chi connectivity index (χ1n) is 12.5. The monoisotopic (exact) mass is 482 g/mol. The maximum absolute atomic E-state index is 13.8. The van der Waals surface area contributed by atoms with Gasteiger partial charge in [0.1, 0.15) is 12.3 Å². The Hall–Kier alpha value is -3.70. The predicted octanol–water partition coefficient (Wildman–Crippen LogP) is 5.63. The topological polar surface area (TPSA) is 58.6 Å². The van der Waals surface area contributed by atoms with Crippen LogP contribution >= 0.6 is 0 Å². The average molecular weight is 483 g/mol. The van der Waals surface area contributed by atoms with Crippen LogP contribution in [0.1, 0.15) is 60.2 Å². The summed E-state index contributed by atoms with van der Waals surface area (Å²) < 4.78 is 5.43. The number of fused-ring (bicyclic) bond motifs is 1. The Balaban J connectivity index is 1.80. The number of nitrogens with one attached hydrogen (secondary N) is 1. The number of esters is 1. The Bertz CT molecular complexity index is 1220. The molecule has 0 aromatic heterocycles. The summed E-state index contributed by atoms with van der Waals surface area (Å²) in [6.45, 7) is 9.98. The lowest BCUT2D eigenvalue weighted by molar-refractivity contribution is -0.139. The molecule has 3 aromatic carbocycles. The van der Waals surface area contributed by atoms with Crippen LogP contribution in [-0.4, -0.2) is 36.0 Å². The number of carbonyl (C=O) groups excluding carboxylic acids is 2. The number of benzene rings is 3. The Morgan fingerprint density at radius 3 is 2.25 bits per heavy atom. The van der Waals surface area contributed by atoms with E-state index in [0.717, 1.165) is 17.5 Å². The highest BCUT2D eigenvalue weighted by atomic mass is 16.5. The number of rotatable bonds is 10. The van der Waals surface area contributed by atoms with Crippen LogP contribution in [0, 0.1) is 0 Å². The van der Waals surface area contributed by atoms with E-state index in [4.69, 9.17) is 4.74 Å². The molecule has 5 heteroatoms. The molecule has 186 valence electrons. The molecule has 0 saturated heterocycles. The Kier molecular flexibility index (Phi) is 7.70. The van der Waals surface area contributed by atoms with Crippen LogP contribution < -0.4 is 5.32 Å². The van der Waals surface area contributed by atoms with E-state index in [0.29, 0.717) is 11.1 Å². The summed E-state index contributed by atoms with van der Waals surface area (Å²) in [7, 11) is 0. The molecule has 3 aromatic rings. The van der Waals surface area contributed by atoms with Gasteiger partial charge in [-0.3, -0.25) is 10.1 Å². The Morgan fingerprint density at radius 1 is 1.00 bits per heavy atom.